The molecule has 2 aromatic heterocycles. The van der Waals surface area contributed by atoms with Crippen molar-refractivity contribution in [2.45, 2.75) is 37.4 Å². The van der Waals surface area contributed by atoms with E-state index < -0.39 is 49.0 Å². The van der Waals surface area contributed by atoms with Gasteiger partial charge in [-0.3, -0.25) is 19.1 Å². The molecule has 0 radical (unpaired) electrons. The molecule has 1 aliphatic carbocycles. The largest absolute Gasteiger partial charge is 0.497 e. The van der Waals surface area contributed by atoms with Crippen LogP contribution in [-0.2, 0) is 14.1 Å². The monoisotopic (exact) mass is 548 g/mol. The minimum Gasteiger partial charge on any atom is -0.497 e. The first-order valence-corrected chi connectivity index (χ1v) is 13.2. The van der Waals surface area contributed by atoms with Gasteiger partial charge in [-0.05, 0) is 43.2 Å². The highest BCUT2D eigenvalue weighted by atomic mass is 31.2. The molecular formula is C23H29N6O8P. The van der Waals surface area contributed by atoms with E-state index in [2.05, 4.69) is 26.6 Å². The number of carbonyl (C=O) groups is 1. The van der Waals surface area contributed by atoms with Crippen molar-refractivity contribution < 1.29 is 33.6 Å². The highest BCUT2D eigenvalue weighted by Crippen LogP contribution is 2.55. The number of rotatable bonds is 9. The Bertz CT molecular complexity index is 1450. The highest BCUT2D eigenvalue weighted by molar-refractivity contribution is 7.57. The van der Waals surface area contributed by atoms with Gasteiger partial charge in [0, 0.05) is 5.92 Å². The first kappa shape index (κ1) is 27.3. The predicted molar refractivity (Wildman–Crippen MR) is 137 cm³/mol. The quantitative estimate of drug-likeness (QED) is 0.144. The first-order chi connectivity index (χ1) is 18.0. The number of hydrogen-bond acceptors (Lipinski definition) is 11. The first-order valence-electron chi connectivity index (χ1n) is 11.5. The van der Waals surface area contributed by atoms with E-state index >= 15 is 0 Å². The van der Waals surface area contributed by atoms with Gasteiger partial charge in [0.25, 0.3) is 5.56 Å². The van der Waals surface area contributed by atoms with Gasteiger partial charge in [-0.25, -0.2) is 10.1 Å². The SMILES string of the molecule is C=C1[C@@H]([C@@H](O)P(=O)(N[C@@H](C)C(=O)OC)Oc2ccc(OC)cc2)[C@@H](O)C[C@@H]1n1cnc2c(=O)[nH]c(N)nc21. The maximum absolute atomic E-state index is 14.2. The molecule has 0 saturated heterocycles. The number of carbonyl (C=O) groups excluding carboxylic acids is 1. The van der Waals surface area contributed by atoms with E-state index in [0.29, 0.717) is 5.75 Å². The van der Waals surface area contributed by atoms with Crippen LogP contribution in [0.15, 0.2) is 47.5 Å². The van der Waals surface area contributed by atoms with Crippen LogP contribution in [0.2, 0.25) is 0 Å². The number of benzene rings is 1. The van der Waals surface area contributed by atoms with E-state index in [1.54, 1.807) is 12.1 Å². The second kappa shape index (κ2) is 10.6. The van der Waals surface area contributed by atoms with Crippen molar-refractivity contribution in [2.24, 2.45) is 5.92 Å². The number of ether oxygens (including phenoxy) is 2. The number of fused-ring (bicyclic) bond motifs is 1. The maximum Gasteiger partial charge on any atom is 0.346 e. The number of hydrogen-bond donors (Lipinski definition) is 5. The number of esters is 1. The van der Waals surface area contributed by atoms with Crippen LogP contribution >= 0.6 is 7.52 Å². The van der Waals surface area contributed by atoms with Gasteiger partial charge in [-0.15, -0.1) is 0 Å². The molecule has 2 heterocycles. The van der Waals surface area contributed by atoms with Gasteiger partial charge in [-0.2, -0.15) is 4.98 Å². The molecule has 1 unspecified atom stereocenters. The summed E-state index contributed by atoms with van der Waals surface area (Å²) in [6, 6.07) is 4.31. The molecule has 4 rings (SSSR count). The molecule has 3 aromatic rings. The summed E-state index contributed by atoms with van der Waals surface area (Å²) in [5.74, 6) is -3.21. The molecule has 15 heteroatoms. The third-order valence-corrected chi connectivity index (χ3v) is 8.67. The van der Waals surface area contributed by atoms with Crippen LogP contribution in [0.1, 0.15) is 19.4 Å². The third-order valence-electron chi connectivity index (χ3n) is 6.42. The summed E-state index contributed by atoms with van der Waals surface area (Å²) in [5, 5.41) is 25.0. The number of aromatic nitrogens is 4. The number of nitrogen functional groups attached to an aromatic ring is 1. The molecule has 204 valence electrons. The maximum atomic E-state index is 14.2. The van der Waals surface area contributed by atoms with Gasteiger partial charge in [-0.1, -0.05) is 6.58 Å². The van der Waals surface area contributed by atoms with E-state index in [0.717, 1.165) is 0 Å². The number of methoxy groups -OCH3 is 2. The Kier molecular flexibility index (Phi) is 7.61. The number of nitrogens with one attached hydrogen (secondary N) is 2. The zero-order chi connectivity index (χ0) is 27.8. The molecule has 1 aliphatic rings. The average molecular weight is 548 g/mol. The Labute approximate surface area is 217 Å². The molecule has 14 nitrogen and oxygen atoms in total. The van der Waals surface area contributed by atoms with Crippen LogP contribution < -0.4 is 25.6 Å². The summed E-state index contributed by atoms with van der Waals surface area (Å²) in [6.07, 6.45) is 0.173. The number of imidazole rings is 1. The Morgan fingerprint density at radius 3 is 2.61 bits per heavy atom. The Hall–Kier alpha value is -3.71. The summed E-state index contributed by atoms with van der Waals surface area (Å²) < 4.78 is 31.3. The summed E-state index contributed by atoms with van der Waals surface area (Å²) >= 11 is 0. The van der Waals surface area contributed by atoms with Crippen molar-refractivity contribution >= 4 is 30.6 Å². The molecule has 6 N–H and O–H groups in total. The predicted octanol–water partition coefficient (Wildman–Crippen LogP) is 0.930. The van der Waals surface area contributed by atoms with Crippen molar-refractivity contribution in [3.8, 4) is 11.5 Å². The van der Waals surface area contributed by atoms with E-state index in [1.165, 1.54) is 44.2 Å². The van der Waals surface area contributed by atoms with Gasteiger partial charge in [0.05, 0.1) is 32.7 Å². The molecule has 1 saturated carbocycles. The van der Waals surface area contributed by atoms with Gasteiger partial charge in [0.2, 0.25) is 5.95 Å². The van der Waals surface area contributed by atoms with E-state index in [-0.39, 0.29) is 34.9 Å². The second-order valence-electron chi connectivity index (χ2n) is 8.85. The molecule has 6 atom stereocenters. The van der Waals surface area contributed by atoms with Gasteiger partial charge < -0.3 is 34.5 Å². The minimum absolute atomic E-state index is 0.0348. The lowest BCUT2D eigenvalue weighted by atomic mass is 10.0. The highest BCUT2D eigenvalue weighted by Gasteiger charge is 2.51. The van der Waals surface area contributed by atoms with Crippen LogP contribution in [0.4, 0.5) is 5.95 Å². The fourth-order valence-corrected chi connectivity index (χ4v) is 6.72. The molecular weight excluding hydrogens is 519 g/mol. The van der Waals surface area contributed by atoms with E-state index in [1.807, 2.05) is 0 Å². The molecule has 0 spiro atoms. The number of nitrogens with two attached hydrogens (primary N) is 1. The molecule has 0 aliphatic heterocycles. The number of anilines is 1. The molecule has 0 bridgehead atoms. The minimum atomic E-state index is -4.34. The summed E-state index contributed by atoms with van der Waals surface area (Å²) in [5.41, 5.74) is 5.64. The standard InChI is InChI=1S/C23H29N6O8P/c1-11-15(29-10-25-18-19(29)26-23(24)27-20(18)31)9-16(30)17(11)22(33)38(34,28-12(2)21(32)36-4)37-14-7-5-13(35-3)6-8-14/h5-8,10,12,15-17,22,30,33H,1,9H2,2-4H3,(H,28,34)(H3,24,26,27,31)/t12-,15-,16-,17+,22-,38?/m0/s1. The zero-order valence-electron chi connectivity index (χ0n) is 20.9. The summed E-state index contributed by atoms with van der Waals surface area (Å²) in [4.78, 5) is 34.9. The van der Waals surface area contributed by atoms with Crippen molar-refractivity contribution in [1.82, 2.24) is 24.6 Å². The summed E-state index contributed by atoms with van der Waals surface area (Å²) in [7, 11) is -1.69. The fraction of sp³-hybridized carbons (Fsp3) is 0.391. The number of nitrogens with zero attached hydrogens (tertiary/aromatic N) is 3. The van der Waals surface area contributed by atoms with Crippen LogP contribution in [0, 0.1) is 5.92 Å². The number of aliphatic hydroxyl groups excluding tert-OH is 2. The van der Waals surface area contributed by atoms with Crippen LogP contribution in [0.5, 0.6) is 11.5 Å². The second-order valence-corrected chi connectivity index (χ2v) is 11.0. The number of aliphatic hydroxyl groups is 2. The van der Waals surface area contributed by atoms with Crippen LogP contribution in [-0.4, -0.2) is 67.9 Å². The lowest BCUT2D eigenvalue weighted by Gasteiger charge is -2.32. The van der Waals surface area contributed by atoms with Crippen molar-refractivity contribution in [3.05, 3.63) is 53.1 Å². The zero-order valence-corrected chi connectivity index (χ0v) is 21.8. The lowest BCUT2D eigenvalue weighted by molar-refractivity contribution is -0.142. The average Bonchev–Trinajstić information content (AvgIpc) is 3.43. The van der Waals surface area contributed by atoms with Gasteiger partial charge in [0.15, 0.2) is 17.0 Å². The van der Waals surface area contributed by atoms with Gasteiger partial charge in [0.1, 0.15) is 17.5 Å². The Morgan fingerprint density at radius 2 is 1.97 bits per heavy atom. The van der Waals surface area contributed by atoms with E-state index in [4.69, 9.17) is 19.7 Å². The molecule has 1 aromatic carbocycles. The molecule has 38 heavy (non-hydrogen) atoms. The Morgan fingerprint density at radius 1 is 1.32 bits per heavy atom. The number of H-pyrrole nitrogens is 1. The van der Waals surface area contributed by atoms with Crippen molar-refractivity contribution in [3.63, 3.8) is 0 Å². The van der Waals surface area contributed by atoms with Crippen molar-refractivity contribution in [2.75, 3.05) is 20.0 Å². The van der Waals surface area contributed by atoms with E-state index in [9.17, 15) is 24.4 Å². The summed E-state index contributed by atoms with van der Waals surface area (Å²) in [6.45, 7) is 5.44. The van der Waals surface area contributed by atoms with Crippen molar-refractivity contribution in [1.29, 1.82) is 0 Å². The van der Waals surface area contributed by atoms with Crippen LogP contribution in [0.3, 0.4) is 0 Å². The third kappa shape index (κ3) is 5.03. The normalized spacial score (nSPS) is 22.6. The smallest absolute Gasteiger partial charge is 0.346 e. The number of aromatic amines is 1. The molecule has 1 fully saturated rings. The fourth-order valence-electron chi connectivity index (χ4n) is 4.51. The Balaban J connectivity index is 1.68. The van der Waals surface area contributed by atoms with Gasteiger partial charge >= 0.3 is 13.5 Å². The van der Waals surface area contributed by atoms with Crippen LogP contribution in [0.25, 0.3) is 11.2 Å². The molecule has 0 amide bonds. The lowest BCUT2D eigenvalue weighted by Crippen LogP contribution is -2.40. The topological polar surface area (TPSA) is 204 Å².